The van der Waals surface area contributed by atoms with Crippen molar-refractivity contribution in [1.29, 1.82) is 0 Å². The molecule has 0 aliphatic carbocycles. The van der Waals surface area contributed by atoms with Crippen LogP contribution in [0.4, 0.5) is 0 Å². The quantitative estimate of drug-likeness (QED) is 0.240. The Hall–Kier alpha value is -0.970. The van der Waals surface area contributed by atoms with Crippen molar-refractivity contribution in [2.24, 2.45) is 5.73 Å². The highest BCUT2D eigenvalue weighted by Crippen LogP contribution is 1.73. The van der Waals surface area contributed by atoms with Gasteiger partial charge in [0.2, 0.25) is 5.84 Å². The van der Waals surface area contributed by atoms with Gasteiger partial charge >= 0.3 is 0 Å². The van der Waals surface area contributed by atoms with Gasteiger partial charge in [0.05, 0.1) is 6.54 Å². The number of hydrogen-bond donors (Lipinski definition) is 1. The predicted molar refractivity (Wildman–Crippen MR) is 39.4 cm³/mol. The van der Waals surface area contributed by atoms with Crippen LogP contribution in [0.2, 0.25) is 0 Å². The highest BCUT2D eigenvalue weighted by Gasteiger charge is 1.95. The molecule has 0 aliphatic heterocycles. The number of amidine groups is 1. The zero-order chi connectivity index (χ0) is 7.28. The first-order valence-electron chi connectivity index (χ1n) is 2.99. The van der Waals surface area contributed by atoms with Crippen molar-refractivity contribution in [3.8, 4) is 12.3 Å². The molecule has 0 amide bonds. The normalized spacial score (nSPS) is 12.1. The van der Waals surface area contributed by atoms with E-state index in [0.717, 1.165) is 12.4 Å². The first-order chi connectivity index (χ1) is 4.22. The average Bonchev–Trinajstić information content (AvgIpc) is 1.82. The van der Waals surface area contributed by atoms with Gasteiger partial charge in [0, 0.05) is 6.92 Å². The van der Waals surface area contributed by atoms with Crippen molar-refractivity contribution < 1.29 is 4.58 Å². The number of hydrogen-bond acceptors (Lipinski definition) is 0. The first kappa shape index (κ1) is 8.03. The summed E-state index contributed by atoms with van der Waals surface area (Å²) in [5.41, 5.74) is 5.48. The lowest BCUT2D eigenvalue weighted by molar-refractivity contribution is -0.513. The van der Waals surface area contributed by atoms with Gasteiger partial charge in [-0.25, -0.2) is 0 Å². The maximum absolute atomic E-state index is 5.48. The largest absolute Gasteiger partial charge is 0.291 e. The number of rotatable bonds is 2. The van der Waals surface area contributed by atoms with E-state index in [4.69, 9.17) is 12.2 Å². The molecule has 0 aromatic rings. The third kappa shape index (κ3) is 2.76. The maximum atomic E-state index is 5.48. The number of nitrogens with two attached hydrogens (primary N) is 1. The molecule has 50 valence electrons. The van der Waals surface area contributed by atoms with Crippen molar-refractivity contribution in [2.75, 3.05) is 13.1 Å². The number of nitrogens with zero attached hydrogens (tertiary/aromatic N) is 1. The van der Waals surface area contributed by atoms with Gasteiger partial charge in [-0.2, -0.15) is 0 Å². The molecular formula is C7H13N2+. The third-order valence-corrected chi connectivity index (χ3v) is 1.16. The molecule has 2 heteroatoms. The molecule has 0 aromatic heterocycles. The summed E-state index contributed by atoms with van der Waals surface area (Å²) in [6.07, 6.45) is 5.08. The van der Waals surface area contributed by atoms with Crippen LogP contribution >= 0.6 is 0 Å². The van der Waals surface area contributed by atoms with Crippen molar-refractivity contribution in [1.82, 2.24) is 0 Å². The van der Waals surface area contributed by atoms with Crippen LogP contribution in [0.1, 0.15) is 13.8 Å². The molecule has 9 heavy (non-hydrogen) atoms. The van der Waals surface area contributed by atoms with Gasteiger partial charge in [-0.05, 0) is 6.92 Å². The van der Waals surface area contributed by atoms with Crippen molar-refractivity contribution in [3.63, 3.8) is 0 Å². The summed E-state index contributed by atoms with van der Waals surface area (Å²) in [6, 6.07) is 0. The Bertz CT molecular complexity index is 147. The van der Waals surface area contributed by atoms with E-state index in [1.807, 2.05) is 18.4 Å². The van der Waals surface area contributed by atoms with Crippen LogP contribution < -0.4 is 5.73 Å². The fourth-order valence-electron chi connectivity index (χ4n) is 0.596. The lowest BCUT2D eigenvalue weighted by Gasteiger charge is -1.98. The molecule has 0 saturated carbocycles. The Morgan fingerprint density at radius 1 is 1.78 bits per heavy atom. The van der Waals surface area contributed by atoms with Gasteiger partial charge in [0.25, 0.3) is 0 Å². The van der Waals surface area contributed by atoms with Gasteiger partial charge in [-0.15, -0.1) is 6.42 Å². The zero-order valence-corrected chi connectivity index (χ0v) is 6.02. The van der Waals surface area contributed by atoms with E-state index < -0.39 is 0 Å². The smallest absolute Gasteiger partial charge is 0.240 e. The molecule has 0 spiro atoms. The predicted octanol–water partition coefficient (Wildman–Crippen LogP) is 0.0291. The van der Waals surface area contributed by atoms with Crippen LogP contribution in [-0.4, -0.2) is 23.5 Å². The molecule has 0 atom stereocenters. The van der Waals surface area contributed by atoms with Crippen LogP contribution in [0.15, 0.2) is 0 Å². The second-order valence-corrected chi connectivity index (χ2v) is 1.86. The minimum Gasteiger partial charge on any atom is -0.291 e. The lowest BCUT2D eigenvalue weighted by Crippen LogP contribution is -2.25. The molecule has 2 nitrogen and oxygen atoms in total. The first-order valence-corrected chi connectivity index (χ1v) is 2.99. The van der Waals surface area contributed by atoms with E-state index >= 15 is 0 Å². The van der Waals surface area contributed by atoms with Crippen LogP contribution in [-0.2, 0) is 0 Å². The van der Waals surface area contributed by atoms with Crippen LogP contribution in [0.5, 0.6) is 0 Å². The number of terminal acetylenes is 1. The second-order valence-electron chi connectivity index (χ2n) is 1.86. The molecule has 0 aromatic carbocycles. The summed E-state index contributed by atoms with van der Waals surface area (Å²) < 4.78 is 1.93. The Labute approximate surface area is 56.4 Å². The van der Waals surface area contributed by atoms with E-state index in [2.05, 4.69) is 5.92 Å². The molecule has 0 unspecified atom stereocenters. The molecule has 0 fully saturated rings. The van der Waals surface area contributed by atoms with Gasteiger partial charge in [0.15, 0.2) is 0 Å². The minimum absolute atomic E-state index is 0.610. The minimum atomic E-state index is 0.610. The molecule has 0 bridgehead atoms. The van der Waals surface area contributed by atoms with Crippen molar-refractivity contribution in [2.45, 2.75) is 13.8 Å². The van der Waals surface area contributed by atoms with Crippen LogP contribution in [0.25, 0.3) is 0 Å². The standard InChI is InChI=1S/C7H12N2/c1-4-6-9(5-2)7(3)8/h1,8H,5-6H2,2-3H3/p+1. The lowest BCUT2D eigenvalue weighted by atomic mass is 10.5. The Morgan fingerprint density at radius 2 is 2.33 bits per heavy atom. The van der Waals surface area contributed by atoms with Crippen molar-refractivity contribution >= 4 is 5.84 Å². The van der Waals surface area contributed by atoms with Gasteiger partial charge < -0.3 is 0 Å². The SMILES string of the molecule is C#CC[N+](CC)=C(C)N. The van der Waals surface area contributed by atoms with E-state index in [0.29, 0.717) is 6.54 Å². The highest BCUT2D eigenvalue weighted by atomic mass is 15.0. The van der Waals surface area contributed by atoms with Gasteiger partial charge in [-0.3, -0.25) is 10.3 Å². The molecule has 0 rings (SSSR count). The fourth-order valence-corrected chi connectivity index (χ4v) is 0.596. The summed E-state index contributed by atoms with van der Waals surface area (Å²) in [5.74, 6) is 3.31. The molecule has 2 N–H and O–H groups in total. The average molecular weight is 125 g/mol. The van der Waals surface area contributed by atoms with E-state index in [1.54, 1.807) is 0 Å². The Kier molecular flexibility index (Phi) is 3.54. The van der Waals surface area contributed by atoms with E-state index in [9.17, 15) is 0 Å². The monoisotopic (exact) mass is 125 g/mol. The molecule has 0 radical (unpaired) electrons. The highest BCUT2D eigenvalue weighted by molar-refractivity contribution is 5.72. The summed E-state index contributed by atoms with van der Waals surface area (Å²) in [6.45, 7) is 5.36. The molecule has 0 saturated heterocycles. The summed E-state index contributed by atoms with van der Waals surface area (Å²) in [4.78, 5) is 0. The molecule has 0 aliphatic rings. The van der Waals surface area contributed by atoms with E-state index in [1.165, 1.54) is 0 Å². The Morgan fingerprint density at radius 3 is 2.44 bits per heavy atom. The molecular weight excluding hydrogens is 112 g/mol. The van der Waals surface area contributed by atoms with Gasteiger partial charge in [0.1, 0.15) is 6.54 Å². The topological polar surface area (TPSA) is 29.0 Å². The van der Waals surface area contributed by atoms with E-state index in [-0.39, 0.29) is 0 Å². The van der Waals surface area contributed by atoms with Crippen LogP contribution in [0.3, 0.4) is 0 Å². The second kappa shape index (κ2) is 3.96. The zero-order valence-electron chi connectivity index (χ0n) is 6.02. The summed E-state index contributed by atoms with van der Waals surface area (Å²) >= 11 is 0. The maximum Gasteiger partial charge on any atom is 0.240 e. The van der Waals surface area contributed by atoms with Gasteiger partial charge in [-0.1, -0.05) is 5.92 Å². The van der Waals surface area contributed by atoms with Crippen molar-refractivity contribution in [3.05, 3.63) is 0 Å². The molecule has 0 heterocycles. The summed E-state index contributed by atoms with van der Waals surface area (Å²) in [7, 11) is 0. The Balaban J connectivity index is 4.03. The summed E-state index contributed by atoms with van der Waals surface area (Å²) in [5, 5.41) is 0. The van der Waals surface area contributed by atoms with Crippen LogP contribution in [0, 0.1) is 12.3 Å². The fraction of sp³-hybridized carbons (Fsp3) is 0.571. The third-order valence-electron chi connectivity index (χ3n) is 1.16.